The van der Waals surface area contributed by atoms with E-state index in [9.17, 15) is 14.4 Å². The van der Waals surface area contributed by atoms with Gasteiger partial charge in [-0.25, -0.2) is 4.79 Å². The Bertz CT molecular complexity index is 972. The van der Waals surface area contributed by atoms with Crippen molar-refractivity contribution in [2.24, 2.45) is 0 Å². The highest BCUT2D eigenvalue weighted by molar-refractivity contribution is 8.00. The molecular weight excluding hydrogens is 434 g/mol. The number of carbonyl (C=O) groups excluding carboxylic acids is 3. The molecule has 0 fully saturated rings. The Balaban J connectivity index is 1.84. The largest absolute Gasteiger partial charge is 0.462 e. The van der Waals surface area contributed by atoms with Crippen LogP contribution in [0.15, 0.2) is 29.2 Å². The van der Waals surface area contributed by atoms with Crippen LogP contribution in [0, 0.1) is 0 Å². The number of esters is 1. The molecule has 0 bridgehead atoms. The van der Waals surface area contributed by atoms with Crippen molar-refractivity contribution in [3.8, 4) is 0 Å². The van der Waals surface area contributed by atoms with E-state index in [1.54, 1.807) is 24.0 Å². The van der Waals surface area contributed by atoms with Gasteiger partial charge in [-0.15, -0.1) is 23.1 Å². The van der Waals surface area contributed by atoms with Crippen molar-refractivity contribution in [1.29, 1.82) is 0 Å². The lowest BCUT2D eigenvalue weighted by Gasteiger charge is -2.25. The van der Waals surface area contributed by atoms with Crippen LogP contribution in [0.3, 0.4) is 0 Å². The average molecular weight is 462 g/mol. The first-order chi connectivity index (χ1) is 14.8. The van der Waals surface area contributed by atoms with Gasteiger partial charge in [-0.2, -0.15) is 0 Å². The number of nitrogens with one attached hydrogen (secondary N) is 1. The molecule has 2 heterocycles. The summed E-state index contributed by atoms with van der Waals surface area (Å²) in [4.78, 5) is 41.2. The molecule has 1 atom stereocenters. The Morgan fingerprint density at radius 3 is 2.58 bits per heavy atom. The van der Waals surface area contributed by atoms with E-state index >= 15 is 0 Å². The molecule has 0 saturated carbocycles. The second kappa shape index (κ2) is 10.2. The van der Waals surface area contributed by atoms with Crippen molar-refractivity contribution >= 4 is 51.6 Å². The monoisotopic (exact) mass is 461 g/mol. The van der Waals surface area contributed by atoms with E-state index in [0.29, 0.717) is 42.2 Å². The fourth-order valence-corrected chi connectivity index (χ4v) is 5.61. The van der Waals surface area contributed by atoms with E-state index in [0.717, 1.165) is 15.3 Å². The number of ether oxygens (including phenoxy) is 1. The van der Waals surface area contributed by atoms with Gasteiger partial charge in [0.1, 0.15) is 5.00 Å². The van der Waals surface area contributed by atoms with Crippen LogP contribution < -0.4 is 11.1 Å². The lowest BCUT2D eigenvalue weighted by atomic mass is 10.0. The van der Waals surface area contributed by atoms with E-state index in [1.807, 2.05) is 19.1 Å². The molecule has 1 aliphatic heterocycles. The van der Waals surface area contributed by atoms with Crippen LogP contribution in [0.1, 0.15) is 48.0 Å². The minimum Gasteiger partial charge on any atom is -0.462 e. The quantitative estimate of drug-likeness (QED) is 0.368. The molecule has 0 spiro atoms. The number of nitrogen functional groups attached to an aromatic ring is 1. The molecule has 3 rings (SSSR count). The van der Waals surface area contributed by atoms with Crippen LogP contribution in [0.2, 0.25) is 0 Å². The van der Waals surface area contributed by atoms with Crippen LogP contribution in [0.25, 0.3) is 0 Å². The van der Waals surface area contributed by atoms with Crippen LogP contribution in [-0.2, 0) is 27.3 Å². The average Bonchev–Trinajstić information content (AvgIpc) is 3.10. The number of anilines is 2. The molecular formula is C22H27N3O4S2. The Kier molecular flexibility index (Phi) is 7.61. The molecule has 2 aromatic rings. The van der Waals surface area contributed by atoms with Crippen molar-refractivity contribution in [2.45, 2.75) is 50.3 Å². The van der Waals surface area contributed by atoms with Gasteiger partial charge in [0, 0.05) is 28.9 Å². The van der Waals surface area contributed by atoms with Crippen molar-refractivity contribution in [3.63, 3.8) is 0 Å². The van der Waals surface area contributed by atoms with Gasteiger partial charge < -0.3 is 20.7 Å². The number of thioether (sulfide) groups is 1. The third-order valence-electron chi connectivity index (χ3n) is 5.04. The maximum atomic E-state index is 13.1. The SMILES string of the molecule is CCOC(=O)c1c(NC(=O)C(CC)Sc2ccc(N)cc2)sc2c1CCN(C(C)=O)C2. The Labute approximate surface area is 190 Å². The molecule has 166 valence electrons. The number of nitrogens with two attached hydrogens (primary N) is 1. The molecule has 0 saturated heterocycles. The number of carbonyl (C=O) groups is 3. The van der Waals surface area contributed by atoms with Crippen molar-refractivity contribution in [3.05, 3.63) is 40.3 Å². The highest BCUT2D eigenvalue weighted by atomic mass is 32.2. The molecule has 31 heavy (non-hydrogen) atoms. The first kappa shape index (κ1) is 23.1. The molecule has 3 N–H and O–H groups in total. The van der Waals surface area contributed by atoms with Crippen LogP contribution in [-0.4, -0.2) is 41.1 Å². The summed E-state index contributed by atoms with van der Waals surface area (Å²) in [5, 5.41) is 3.13. The summed E-state index contributed by atoms with van der Waals surface area (Å²) in [7, 11) is 0. The zero-order valence-corrected chi connectivity index (χ0v) is 19.5. The van der Waals surface area contributed by atoms with Gasteiger partial charge >= 0.3 is 5.97 Å². The summed E-state index contributed by atoms with van der Waals surface area (Å²) in [5.74, 6) is -0.615. The van der Waals surface area contributed by atoms with Crippen molar-refractivity contribution in [1.82, 2.24) is 4.90 Å². The summed E-state index contributed by atoms with van der Waals surface area (Å²) in [6.45, 7) is 6.47. The van der Waals surface area contributed by atoms with Crippen LogP contribution in [0.4, 0.5) is 10.7 Å². The molecule has 2 amide bonds. The van der Waals surface area contributed by atoms with E-state index in [4.69, 9.17) is 10.5 Å². The van der Waals surface area contributed by atoms with Gasteiger partial charge in [-0.3, -0.25) is 9.59 Å². The molecule has 1 aromatic heterocycles. The topological polar surface area (TPSA) is 102 Å². The summed E-state index contributed by atoms with van der Waals surface area (Å²) in [5.41, 5.74) is 7.71. The molecule has 7 nitrogen and oxygen atoms in total. The number of hydrogen-bond acceptors (Lipinski definition) is 7. The van der Waals surface area contributed by atoms with E-state index in [-0.39, 0.29) is 23.7 Å². The van der Waals surface area contributed by atoms with E-state index < -0.39 is 5.97 Å². The molecule has 1 aliphatic rings. The minimum absolute atomic E-state index is 0.00624. The molecule has 1 unspecified atom stereocenters. The maximum Gasteiger partial charge on any atom is 0.341 e. The first-order valence-electron chi connectivity index (χ1n) is 10.2. The van der Waals surface area contributed by atoms with Gasteiger partial charge in [0.25, 0.3) is 0 Å². The first-order valence-corrected chi connectivity index (χ1v) is 11.9. The number of nitrogens with zero attached hydrogens (tertiary/aromatic N) is 1. The van der Waals surface area contributed by atoms with Gasteiger partial charge in [0.15, 0.2) is 0 Å². The minimum atomic E-state index is -0.439. The van der Waals surface area contributed by atoms with Gasteiger partial charge in [-0.1, -0.05) is 6.92 Å². The number of rotatable bonds is 7. The Morgan fingerprint density at radius 2 is 1.97 bits per heavy atom. The van der Waals surface area contributed by atoms with Gasteiger partial charge in [0.05, 0.1) is 24.0 Å². The highest BCUT2D eigenvalue weighted by Gasteiger charge is 2.31. The number of benzene rings is 1. The summed E-state index contributed by atoms with van der Waals surface area (Å²) < 4.78 is 5.26. The van der Waals surface area contributed by atoms with Crippen molar-refractivity contribution < 1.29 is 19.1 Å². The summed E-state index contributed by atoms with van der Waals surface area (Å²) >= 11 is 2.81. The lowest BCUT2D eigenvalue weighted by molar-refractivity contribution is -0.129. The molecule has 9 heteroatoms. The van der Waals surface area contributed by atoms with Crippen LogP contribution >= 0.6 is 23.1 Å². The fraction of sp³-hybridized carbons (Fsp3) is 0.409. The Morgan fingerprint density at radius 1 is 1.26 bits per heavy atom. The summed E-state index contributed by atoms with van der Waals surface area (Å²) in [6, 6.07) is 7.39. The normalized spacial score (nSPS) is 14.0. The zero-order valence-electron chi connectivity index (χ0n) is 17.9. The third-order valence-corrected chi connectivity index (χ3v) is 7.55. The number of hydrogen-bond donors (Lipinski definition) is 2. The molecule has 1 aromatic carbocycles. The number of amides is 2. The number of fused-ring (bicyclic) bond motifs is 1. The molecule has 0 aliphatic carbocycles. The second-order valence-corrected chi connectivity index (χ2v) is 9.57. The second-order valence-electron chi connectivity index (χ2n) is 7.19. The predicted octanol–water partition coefficient (Wildman–Crippen LogP) is 3.92. The zero-order chi connectivity index (χ0) is 22.5. The van der Waals surface area contributed by atoms with Crippen molar-refractivity contribution in [2.75, 3.05) is 24.2 Å². The Hall–Kier alpha value is -2.52. The standard InChI is InChI=1S/C22H27N3O4S2/c1-4-17(30-15-8-6-14(23)7-9-15)20(27)24-21-19(22(28)29-5-2)16-10-11-25(13(3)26)12-18(16)31-21/h6-9,17H,4-5,10-12,23H2,1-3H3,(H,24,27). The maximum absolute atomic E-state index is 13.1. The smallest absolute Gasteiger partial charge is 0.341 e. The van der Waals surface area contributed by atoms with Gasteiger partial charge in [0.2, 0.25) is 11.8 Å². The van der Waals surface area contributed by atoms with Crippen LogP contribution in [0.5, 0.6) is 0 Å². The number of thiophene rings is 1. The fourth-order valence-electron chi connectivity index (χ4n) is 3.40. The van der Waals surface area contributed by atoms with Gasteiger partial charge in [-0.05, 0) is 49.6 Å². The predicted molar refractivity (Wildman–Crippen MR) is 124 cm³/mol. The highest BCUT2D eigenvalue weighted by Crippen LogP contribution is 2.38. The van der Waals surface area contributed by atoms with E-state index in [1.165, 1.54) is 30.0 Å². The molecule has 0 radical (unpaired) electrons. The third kappa shape index (κ3) is 5.40. The lowest BCUT2D eigenvalue weighted by Crippen LogP contribution is -2.34. The van der Waals surface area contributed by atoms with E-state index in [2.05, 4.69) is 5.32 Å². The summed E-state index contributed by atoms with van der Waals surface area (Å²) in [6.07, 6.45) is 1.19.